The van der Waals surface area contributed by atoms with Crippen molar-refractivity contribution in [2.75, 3.05) is 6.54 Å². The van der Waals surface area contributed by atoms with Gasteiger partial charge in [0.25, 0.3) is 0 Å². The zero-order valence-corrected chi connectivity index (χ0v) is 11.5. The first kappa shape index (κ1) is 13.9. The van der Waals surface area contributed by atoms with Crippen molar-refractivity contribution in [2.24, 2.45) is 0 Å². The molecule has 1 unspecified atom stereocenters. The van der Waals surface area contributed by atoms with Gasteiger partial charge >= 0.3 is 5.97 Å². The van der Waals surface area contributed by atoms with E-state index in [1.54, 1.807) is 4.68 Å². The van der Waals surface area contributed by atoms with Crippen LogP contribution >= 0.6 is 12.6 Å². The number of nitrogens with zero attached hydrogens (tertiary/aromatic N) is 3. The minimum Gasteiger partial charge on any atom is -0.481 e. The van der Waals surface area contributed by atoms with Crippen molar-refractivity contribution < 1.29 is 9.90 Å². The number of carboxylic acids is 1. The molecule has 0 saturated carbocycles. The van der Waals surface area contributed by atoms with Crippen molar-refractivity contribution >= 4 is 24.7 Å². The summed E-state index contributed by atoms with van der Waals surface area (Å²) in [6, 6.07) is 0. The molecule has 7 heteroatoms. The fraction of sp³-hybridized carbons (Fsp3) is 0.583. The summed E-state index contributed by atoms with van der Waals surface area (Å²) in [7, 11) is 0. The Balaban J connectivity index is 1.89. The monoisotopic (exact) mass is 282 g/mol. The van der Waals surface area contributed by atoms with Crippen molar-refractivity contribution in [3.05, 3.63) is 17.6 Å². The van der Waals surface area contributed by atoms with Crippen molar-refractivity contribution in [3.8, 4) is 0 Å². The molecule has 0 spiro atoms. The molecule has 6 nitrogen and oxygen atoms in total. The second kappa shape index (κ2) is 6.60. The number of hydrogen-bond donors (Lipinski definition) is 3. The van der Waals surface area contributed by atoms with E-state index < -0.39 is 5.97 Å². The van der Waals surface area contributed by atoms with Gasteiger partial charge in [0.1, 0.15) is 5.69 Å². The first-order valence-electron chi connectivity index (χ1n) is 6.38. The van der Waals surface area contributed by atoms with Crippen molar-refractivity contribution in [1.29, 1.82) is 0 Å². The summed E-state index contributed by atoms with van der Waals surface area (Å²) in [5.74, 6) is -0.784. The Morgan fingerprint density at radius 1 is 1.68 bits per heavy atom. The van der Waals surface area contributed by atoms with E-state index >= 15 is 0 Å². The lowest BCUT2D eigenvalue weighted by molar-refractivity contribution is -0.137. The maximum atomic E-state index is 10.4. The SMILES string of the molecule is O=C(O)CCCn1cc(C=C2CC(S)CCN2)nn1. The summed E-state index contributed by atoms with van der Waals surface area (Å²) in [5, 5.41) is 20.3. The summed E-state index contributed by atoms with van der Waals surface area (Å²) < 4.78 is 1.68. The van der Waals surface area contributed by atoms with Gasteiger partial charge in [-0.15, -0.1) is 5.10 Å². The second-order valence-electron chi connectivity index (χ2n) is 4.65. The number of allylic oxidation sites excluding steroid dienone is 1. The molecule has 1 aromatic rings. The van der Waals surface area contributed by atoms with Crippen LogP contribution in [0.3, 0.4) is 0 Å². The van der Waals surface area contributed by atoms with Crippen LogP contribution in [-0.4, -0.2) is 37.9 Å². The Bertz CT molecular complexity index is 472. The van der Waals surface area contributed by atoms with Gasteiger partial charge in [-0.3, -0.25) is 9.48 Å². The van der Waals surface area contributed by atoms with Gasteiger partial charge in [0, 0.05) is 30.5 Å². The molecular weight excluding hydrogens is 264 g/mol. The summed E-state index contributed by atoms with van der Waals surface area (Å²) in [4.78, 5) is 10.4. The Labute approximate surface area is 117 Å². The number of aliphatic carboxylic acids is 1. The molecule has 0 radical (unpaired) electrons. The fourth-order valence-corrected chi connectivity index (χ4v) is 2.32. The number of hydrogen-bond acceptors (Lipinski definition) is 5. The number of aryl methyl sites for hydroxylation is 1. The van der Waals surface area contributed by atoms with E-state index in [1.807, 2.05) is 12.3 Å². The summed E-state index contributed by atoms with van der Waals surface area (Å²) in [6.07, 6.45) is 6.50. The third-order valence-electron chi connectivity index (χ3n) is 2.94. The number of nitrogens with one attached hydrogen (secondary N) is 1. The number of piperidine rings is 1. The maximum Gasteiger partial charge on any atom is 0.303 e. The molecule has 0 bridgehead atoms. The highest BCUT2D eigenvalue weighted by atomic mass is 32.1. The molecule has 2 N–H and O–H groups in total. The highest BCUT2D eigenvalue weighted by Crippen LogP contribution is 2.18. The Morgan fingerprint density at radius 3 is 3.26 bits per heavy atom. The van der Waals surface area contributed by atoms with E-state index in [4.69, 9.17) is 5.11 Å². The van der Waals surface area contributed by atoms with E-state index in [0.29, 0.717) is 18.2 Å². The van der Waals surface area contributed by atoms with Gasteiger partial charge in [0.15, 0.2) is 0 Å². The lowest BCUT2D eigenvalue weighted by atomic mass is 10.1. The molecule has 1 aromatic heterocycles. The predicted molar refractivity (Wildman–Crippen MR) is 74.9 cm³/mol. The zero-order chi connectivity index (χ0) is 13.7. The number of carbonyl (C=O) groups is 1. The average Bonchev–Trinajstić information content (AvgIpc) is 2.76. The third kappa shape index (κ3) is 4.59. The first-order valence-corrected chi connectivity index (χ1v) is 6.89. The van der Waals surface area contributed by atoms with E-state index in [0.717, 1.165) is 30.8 Å². The minimum absolute atomic E-state index is 0.152. The number of aromatic nitrogens is 3. The molecule has 1 aliphatic rings. The first-order chi connectivity index (χ1) is 9.13. The molecule has 1 atom stereocenters. The van der Waals surface area contributed by atoms with E-state index in [-0.39, 0.29) is 6.42 Å². The highest BCUT2D eigenvalue weighted by molar-refractivity contribution is 7.80. The van der Waals surface area contributed by atoms with Crippen LogP contribution in [0.5, 0.6) is 0 Å². The number of rotatable bonds is 5. The van der Waals surface area contributed by atoms with Crippen LogP contribution in [0.15, 0.2) is 11.9 Å². The molecule has 2 heterocycles. The van der Waals surface area contributed by atoms with E-state index in [2.05, 4.69) is 28.3 Å². The normalized spacial score (nSPS) is 21.3. The van der Waals surface area contributed by atoms with Gasteiger partial charge in [0.05, 0.1) is 6.20 Å². The largest absolute Gasteiger partial charge is 0.481 e. The highest BCUT2D eigenvalue weighted by Gasteiger charge is 2.13. The minimum atomic E-state index is -0.784. The Hall–Kier alpha value is -1.50. The van der Waals surface area contributed by atoms with Crippen LogP contribution in [0, 0.1) is 0 Å². The topological polar surface area (TPSA) is 80.0 Å². The standard InChI is InChI=1S/C12H18N4O2S/c17-12(18)2-1-5-16-8-10(14-15-16)6-9-7-11(19)3-4-13-9/h6,8,11,13,19H,1-5,7H2,(H,17,18). The molecule has 2 rings (SSSR count). The molecule has 19 heavy (non-hydrogen) atoms. The average molecular weight is 282 g/mol. The number of carboxylic acid groups (broad SMARTS) is 1. The van der Waals surface area contributed by atoms with Gasteiger partial charge in [-0.1, -0.05) is 5.21 Å². The van der Waals surface area contributed by atoms with Crippen LogP contribution in [0.2, 0.25) is 0 Å². The lowest BCUT2D eigenvalue weighted by Gasteiger charge is -2.21. The smallest absolute Gasteiger partial charge is 0.303 e. The summed E-state index contributed by atoms with van der Waals surface area (Å²) >= 11 is 4.48. The molecule has 0 aromatic carbocycles. The zero-order valence-electron chi connectivity index (χ0n) is 10.6. The number of thiol groups is 1. The Kier molecular flexibility index (Phi) is 4.84. The van der Waals surface area contributed by atoms with Crippen LogP contribution < -0.4 is 5.32 Å². The molecule has 0 amide bonds. The fourth-order valence-electron chi connectivity index (χ4n) is 2.00. The maximum absolute atomic E-state index is 10.4. The van der Waals surface area contributed by atoms with E-state index in [1.165, 1.54) is 0 Å². The molecule has 1 saturated heterocycles. The summed E-state index contributed by atoms with van der Waals surface area (Å²) in [6.45, 7) is 1.51. The van der Waals surface area contributed by atoms with Gasteiger partial charge in [0.2, 0.25) is 0 Å². The quantitative estimate of drug-likeness (QED) is 0.706. The molecular formula is C12H18N4O2S. The molecule has 1 aliphatic heterocycles. The summed E-state index contributed by atoms with van der Waals surface area (Å²) in [5.41, 5.74) is 1.92. The molecule has 104 valence electrons. The lowest BCUT2D eigenvalue weighted by Crippen LogP contribution is -2.26. The predicted octanol–water partition coefficient (Wildman–Crippen LogP) is 1.17. The van der Waals surface area contributed by atoms with Gasteiger partial charge in [-0.25, -0.2) is 0 Å². The van der Waals surface area contributed by atoms with Crippen molar-refractivity contribution in [1.82, 2.24) is 20.3 Å². The van der Waals surface area contributed by atoms with Gasteiger partial charge < -0.3 is 10.4 Å². The molecule has 1 fully saturated rings. The Morgan fingerprint density at radius 2 is 2.53 bits per heavy atom. The van der Waals surface area contributed by atoms with Crippen LogP contribution in [-0.2, 0) is 11.3 Å². The van der Waals surface area contributed by atoms with Crippen molar-refractivity contribution in [2.45, 2.75) is 37.5 Å². The van der Waals surface area contributed by atoms with E-state index in [9.17, 15) is 4.79 Å². The third-order valence-corrected chi connectivity index (χ3v) is 3.38. The van der Waals surface area contributed by atoms with Crippen LogP contribution in [0.25, 0.3) is 6.08 Å². The van der Waals surface area contributed by atoms with Gasteiger partial charge in [-0.2, -0.15) is 12.6 Å². The van der Waals surface area contributed by atoms with Crippen LogP contribution in [0.4, 0.5) is 0 Å². The van der Waals surface area contributed by atoms with Crippen molar-refractivity contribution in [3.63, 3.8) is 0 Å². The second-order valence-corrected chi connectivity index (χ2v) is 5.38. The van der Waals surface area contributed by atoms with Crippen LogP contribution in [0.1, 0.15) is 31.4 Å². The van der Waals surface area contributed by atoms with Gasteiger partial charge in [-0.05, 0) is 25.3 Å². The molecule has 0 aliphatic carbocycles.